The van der Waals surface area contributed by atoms with Gasteiger partial charge in [0.05, 0.1) is 36.5 Å². The highest BCUT2D eigenvalue weighted by Crippen LogP contribution is 2.35. The Morgan fingerprint density at radius 3 is 2.34 bits per heavy atom. The number of hydrogen-bond acceptors (Lipinski definition) is 9. The molecule has 11 heteroatoms. The van der Waals surface area contributed by atoms with Crippen LogP contribution in [0.25, 0.3) is 6.08 Å². The highest BCUT2D eigenvalue weighted by atomic mass is 35.5. The molecule has 2 heterocycles. The Morgan fingerprint density at radius 1 is 0.936 bits per heavy atom. The van der Waals surface area contributed by atoms with Gasteiger partial charge >= 0.3 is 5.97 Å². The van der Waals surface area contributed by atoms with Gasteiger partial charge in [0.2, 0.25) is 0 Å². The van der Waals surface area contributed by atoms with Gasteiger partial charge in [0.1, 0.15) is 12.4 Å². The number of thiazole rings is 1. The number of rotatable bonds is 13. The van der Waals surface area contributed by atoms with Crippen LogP contribution < -0.4 is 34.0 Å². The first-order valence-corrected chi connectivity index (χ1v) is 16.8. The average molecular weight is 676 g/mol. The largest absolute Gasteiger partial charge is 0.490 e. The summed E-state index contributed by atoms with van der Waals surface area (Å²) in [6.45, 7) is 10.9. The van der Waals surface area contributed by atoms with Crippen LogP contribution in [0.2, 0.25) is 5.02 Å². The summed E-state index contributed by atoms with van der Waals surface area (Å²) in [5, 5.41) is 0.654. The number of carbonyl (C=O) groups excluding carboxylic acids is 1. The molecule has 0 saturated heterocycles. The van der Waals surface area contributed by atoms with E-state index in [9.17, 15) is 9.59 Å². The van der Waals surface area contributed by atoms with Crippen molar-refractivity contribution in [3.05, 3.63) is 114 Å². The summed E-state index contributed by atoms with van der Waals surface area (Å²) in [7, 11) is 1.31. The summed E-state index contributed by atoms with van der Waals surface area (Å²) in [5.74, 6) is 1.15. The third-order valence-electron chi connectivity index (χ3n) is 7.73. The first kappa shape index (κ1) is 33.8. The van der Waals surface area contributed by atoms with Gasteiger partial charge in [-0.3, -0.25) is 9.36 Å². The molecule has 1 aliphatic rings. The van der Waals surface area contributed by atoms with Crippen LogP contribution in [-0.2, 0) is 16.1 Å². The smallest absolute Gasteiger partial charge is 0.337 e. The molecule has 1 aliphatic heterocycles. The minimum absolute atomic E-state index is 0.230. The van der Waals surface area contributed by atoms with E-state index in [4.69, 9.17) is 30.5 Å². The Bertz CT molecular complexity index is 1950. The minimum Gasteiger partial charge on any atom is -0.490 e. The summed E-state index contributed by atoms with van der Waals surface area (Å²) in [6, 6.07) is 18.1. The SMILES string of the molecule is CCOc1ccc([C@@H]2C(C(=O)OC)=CN=c3s/c(=C/c4ccc(N(CC)CC)cc4OCc4ccc(Cl)cc4)c(=O)n32)cc1OCC. The molecule has 9 nitrogen and oxygen atoms in total. The standard InChI is InChI=1S/C36H38ClN3O6S/c1-6-39(7-2)27-16-12-24(30(20-27)46-22-23-10-14-26(37)15-11-23)19-32-34(41)40-33(28(35(42)43-5)21-38-36(40)47-32)25-13-17-29(44-8-3)31(18-25)45-9-4/h10-21,33H,6-9,22H2,1-5H3/b32-19+/t33-/m1/s1. The van der Waals surface area contributed by atoms with Crippen LogP contribution in [0.1, 0.15) is 50.4 Å². The summed E-state index contributed by atoms with van der Waals surface area (Å²) in [4.78, 5) is 34.4. The van der Waals surface area contributed by atoms with Gasteiger partial charge in [-0.25, -0.2) is 9.79 Å². The van der Waals surface area contributed by atoms with E-state index in [1.807, 2.05) is 68.5 Å². The molecule has 0 fully saturated rings. The number of nitrogens with zero attached hydrogens (tertiary/aromatic N) is 3. The fourth-order valence-electron chi connectivity index (χ4n) is 5.42. The topological polar surface area (TPSA) is 91.6 Å². The predicted molar refractivity (Wildman–Crippen MR) is 186 cm³/mol. The van der Waals surface area contributed by atoms with Crippen LogP contribution in [0.3, 0.4) is 0 Å². The number of fused-ring (bicyclic) bond motifs is 1. The average Bonchev–Trinajstić information content (AvgIpc) is 3.40. The van der Waals surface area contributed by atoms with Gasteiger partial charge in [-0.05, 0) is 81.3 Å². The summed E-state index contributed by atoms with van der Waals surface area (Å²) in [5.41, 5.74) is 3.31. The first-order valence-electron chi connectivity index (χ1n) is 15.6. The zero-order chi connectivity index (χ0) is 33.5. The highest BCUT2D eigenvalue weighted by Gasteiger charge is 2.31. The van der Waals surface area contributed by atoms with Gasteiger partial charge in [0, 0.05) is 41.6 Å². The molecule has 5 rings (SSSR count). The summed E-state index contributed by atoms with van der Waals surface area (Å²) >= 11 is 7.33. The zero-order valence-electron chi connectivity index (χ0n) is 27.1. The van der Waals surface area contributed by atoms with Crippen molar-refractivity contribution in [1.82, 2.24) is 4.57 Å². The van der Waals surface area contributed by atoms with Gasteiger partial charge in [-0.2, -0.15) is 0 Å². The zero-order valence-corrected chi connectivity index (χ0v) is 28.7. The van der Waals surface area contributed by atoms with Crippen LogP contribution in [0, 0.1) is 0 Å². The van der Waals surface area contributed by atoms with Crippen molar-refractivity contribution in [3.63, 3.8) is 0 Å². The lowest BCUT2D eigenvalue weighted by atomic mass is 9.97. The van der Waals surface area contributed by atoms with E-state index in [0.29, 0.717) is 57.0 Å². The molecule has 4 aromatic rings. The molecule has 3 aromatic carbocycles. The van der Waals surface area contributed by atoms with Crippen LogP contribution in [-0.4, -0.2) is 43.9 Å². The third-order valence-corrected chi connectivity index (χ3v) is 8.98. The number of methoxy groups -OCH3 is 1. The van der Waals surface area contributed by atoms with E-state index in [-0.39, 0.29) is 11.1 Å². The van der Waals surface area contributed by atoms with Crippen molar-refractivity contribution in [2.24, 2.45) is 4.99 Å². The highest BCUT2D eigenvalue weighted by molar-refractivity contribution is 7.07. The van der Waals surface area contributed by atoms with E-state index >= 15 is 0 Å². The monoisotopic (exact) mass is 675 g/mol. The molecule has 0 amide bonds. The van der Waals surface area contributed by atoms with Gasteiger partial charge in [0.15, 0.2) is 16.3 Å². The van der Waals surface area contributed by atoms with Crippen LogP contribution >= 0.6 is 22.9 Å². The lowest BCUT2D eigenvalue weighted by Crippen LogP contribution is -2.39. The number of aromatic nitrogens is 1. The minimum atomic E-state index is -0.790. The molecule has 1 atom stereocenters. The Kier molecular flexibility index (Phi) is 11.1. The number of hydrogen-bond donors (Lipinski definition) is 0. The number of carbonyl (C=O) groups is 1. The van der Waals surface area contributed by atoms with Crippen LogP contribution in [0.4, 0.5) is 5.69 Å². The molecular weight excluding hydrogens is 638 g/mol. The van der Waals surface area contributed by atoms with Crippen molar-refractivity contribution >= 4 is 40.7 Å². The number of halogens is 1. The van der Waals surface area contributed by atoms with Gasteiger partial charge in [-0.1, -0.05) is 41.1 Å². The Morgan fingerprint density at radius 2 is 1.66 bits per heavy atom. The van der Waals surface area contributed by atoms with E-state index < -0.39 is 12.0 Å². The molecule has 0 radical (unpaired) electrons. The number of esters is 1. The van der Waals surface area contributed by atoms with Gasteiger partial charge in [0.25, 0.3) is 5.56 Å². The predicted octanol–water partition coefficient (Wildman–Crippen LogP) is 5.89. The third kappa shape index (κ3) is 7.39. The van der Waals surface area contributed by atoms with E-state index in [1.54, 1.807) is 12.1 Å². The van der Waals surface area contributed by atoms with Crippen molar-refractivity contribution in [2.75, 3.05) is 38.3 Å². The number of ether oxygens (including phenoxy) is 4. The quantitative estimate of drug-likeness (QED) is 0.163. The molecule has 0 N–H and O–H groups in total. The molecule has 0 spiro atoms. The fourth-order valence-corrected chi connectivity index (χ4v) is 6.51. The van der Waals surface area contributed by atoms with E-state index in [1.165, 1.54) is 29.2 Å². The summed E-state index contributed by atoms with van der Waals surface area (Å²) < 4.78 is 25.0. The lowest BCUT2D eigenvalue weighted by molar-refractivity contribution is -0.136. The molecule has 0 aliphatic carbocycles. The lowest BCUT2D eigenvalue weighted by Gasteiger charge is -2.23. The molecule has 1 aromatic heterocycles. The van der Waals surface area contributed by atoms with Crippen molar-refractivity contribution in [2.45, 2.75) is 40.3 Å². The second-order valence-corrected chi connectivity index (χ2v) is 12.0. The van der Waals surface area contributed by atoms with Crippen LogP contribution in [0.5, 0.6) is 17.2 Å². The molecule has 0 saturated carbocycles. The normalized spacial score (nSPS) is 14.1. The fraction of sp³-hybridized carbons (Fsp3) is 0.306. The Labute approximate surface area is 282 Å². The maximum Gasteiger partial charge on any atom is 0.337 e. The molecule has 0 bridgehead atoms. The van der Waals surface area contributed by atoms with E-state index in [0.717, 1.165) is 29.9 Å². The molecule has 47 heavy (non-hydrogen) atoms. The van der Waals surface area contributed by atoms with Gasteiger partial charge < -0.3 is 23.8 Å². The second kappa shape index (κ2) is 15.4. The van der Waals surface area contributed by atoms with Crippen LogP contribution in [0.15, 0.2) is 82.2 Å². The second-order valence-electron chi connectivity index (χ2n) is 10.6. The Balaban J connectivity index is 1.62. The Hall–Kier alpha value is -4.54. The molecule has 0 unspecified atom stereocenters. The molecular formula is C36H38ClN3O6S. The summed E-state index contributed by atoms with van der Waals surface area (Å²) in [6.07, 6.45) is 3.29. The number of anilines is 1. The maximum atomic E-state index is 14.2. The van der Waals surface area contributed by atoms with Crippen molar-refractivity contribution < 1.29 is 23.7 Å². The van der Waals surface area contributed by atoms with E-state index in [2.05, 4.69) is 23.7 Å². The van der Waals surface area contributed by atoms with Gasteiger partial charge in [-0.15, -0.1) is 0 Å². The van der Waals surface area contributed by atoms with Crippen molar-refractivity contribution in [1.29, 1.82) is 0 Å². The maximum absolute atomic E-state index is 14.2. The molecule has 246 valence electrons. The number of benzene rings is 3. The first-order chi connectivity index (χ1) is 22.8. The van der Waals surface area contributed by atoms with Crippen molar-refractivity contribution in [3.8, 4) is 17.2 Å².